The summed E-state index contributed by atoms with van der Waals surface area (Å²) in [6.07, 6.45) is 0. The van der Waals surface area contributed by atoms with E-state index in [9.17, 15) is 24.5 Å². The summed E-state index contributed by atoms with van der Waals surface area (Å²) in [6, 6.07) is 16.5. The Balaban J connectivity index is 1.58. The second kappa shape index (κ2) is 6.70. The molecular formula is C22H11N3O6. The van der Waals surface area contributed by atoms with Crippen LogP contribution in [0.3, 0.4) is 0 Å². The van der Waals surface area contributed by atoms with E-state index in [1.807, 2.05) is 0 Å². The third kappa shape index (κ3) is 2.87. The molecule has 2 heterocycles. The Morgan fingerprint density at radius 1 is 0.871 bits per heavy atom. The molecule has 0 saturated heterocycles. The van der Waals surface area contributed by atoms with Crippen molar-refractivity contribution >= 4 is 34.1 Å². The second-order valence-electron chi connectivity index (χ2n) is 6.81. The number of hydrogen-bond donors (Lipinski definition) is 0. The van der Waals surface area contributed by atoms with Gasteiger partial charge in [-0.2, -0.15) is 0 Å². The lowest BCUT2D eigenvalue weighted by molar-refractivity contribution is -0.384. The molecule has 4 aromatic rings. The molecule has 1 aromatic heterocycles. The van der Waals surface area contributed by atoms with Crippen molar-refractivity contribution in [3.8, 4) is 11.5 Å². The molecule has 3 aromatic carbocycles. The average molecular weight is 413 g/mol. The van der Waals surface area contributed by atoms with Gasteiger partial charge in [0.2, 0.25) is 5.89 Å². The van der Waals surface area contributed by atoms with Crippen molar-refractivity contribution in [2.45, 2.75) is 0 Å². The topological polar surface area (TPSA) is 124 Å². The van der Waals surface area contributed by atoms with Crippen molar-refractivity contribution in [3.63, 3.8) is 0 Å². The van der Waals surface area contributed by atoms with Gasteiger partial charge in [-0.25, -0.2) is 14.7 Å². The number of anilines is 1. The molecule has 0 saturated carbocycles. The van der Waals surface area contributed by atoms with Gasteiger partial charge in [0.1, 0.15) is 0 Å². The van der Waals surface area contributed by atoms with Crippen molar-refractivity contribution in [2.24, 2.45) is 0 Å². The summed E-state index contributed by atoms with van der Waals surface area (Å²) in [5.41, 5.74) is 0.270. The van der Waals surface area contributed by atoms with Gasteiger partial charge in [-0.3, -0.25) is 19.7 Å². The maximum Gasteiger partial charge on any atom is 0.347 e. The fourth-order valence-electron chi connectivity index (χ4n) is 3.50. The first-order valence-electron chi connectivity index (χ1n) is 9.11. The van der Waals surface area contributed by atoms with Gasteiger partial charge in [-0.15, -0.1) is 0 Å². The largest absolute Gasteiger partial charge is 0.403 e. The number of para-hydroxylation sites is 1. The zero-order chi connectivity index (χ0) is 21.7. The fraction of sp³-hybridized carbons (Fsp3) is 0. The number of rotatable bonds is 3. The molecule has 0 spiro atoms. The molecule has 0 bridgehead atoms. The first-order valence-corrected chi connectivity index (χ1v) is 9.11. The van der Waals surface area contributed by atoms with Crippen LogP contribution < -0.4 is 10.5 Å². The number of nitrogens with zero attached hydrogens (tertiary/aromatic N) is 3. The standard InChI is InChI=1S/C22H11N3O6/c26-20-15-9-8-14(25(29)30)11-17(15)21(27)24(20)13-5-3-4-12(10-13)19-23-18-7-2-1-6-16(18)22(28)31-19/h1-11H. The van der Waals surface area contributed by atoms with E-state index >= 15 is 0 Å². The van der Waals surface area contributed by atoms with Crippen molar-refractivity contribution < 1.29 is 18.9 Å². The summed E-state index contributed by atoms with van der Waals surface area (Å²) in [6.45, 7) is 0. The van der Waals surface area contributed by atoms with Crippen LogP contribution >= 0.6 is 0 Å². The Morgan fingerprint density at radius 3 is 2.45 bits per heavy atom. The molecule has 0 atom stereocenters. The van der Waals surface area contributed by atoms with Gasteiger partial charge >= 0.3 is 5.63 Å². The minimum Gasteiger partial charge on any atom is -0.403 e. The van der Waals surface area contributed by atoms with E-state index in [1.165, 1.54) is 18.2 Å². The number of carbonyl (C=O) groups is 2. The Labute approximate surface area is 173 Å². The smallest absolute Gasteiger partial charge is 0.347 e. The molecule has 2 amide bonds. The normalized spacial score (nSPS) is 13.0. The molecule has 0 radical (unpaired) electrons. The Kier molecular flexibility index (Phi) is 3.97. The third-order valence-electron chi connectivity index (χ3n) is 4.97. The summed E-state index contributed by atoms with van der Waals surface area (Å²) in [7, 11) is 0. The lowest BCUT2D eigenvalue weighted by atomic mass is 10.1. The van der Waals surface area contributed by atoms with Crippen molar-refractivity contribution in [1.82, 2.24) is 4.98 Å². The summed E-state index contributed by atoms with van der Waals surface area (Å²) < 4.78 is 5.32. The molecule has 1 aliphatic rings. The number of aromatic nitrogens is 1. The van der Waals surface area contributed by atoms with Crippen LogP contribution in [0.25, 0.3) is 22.4 Å². The highest BCUT2D eigenvalue weighted by Crippen LogP contribution is 2.32. The van der Waals surface area contributed by atoms with Gasteiger partial charge in [0, 0.05) is 17.7 Å². The summed E-state index contributed by atoms with van der Waals surface area (Å²) in [5.74, 6) is -1.23. The second-order valence-corrected chi connectivity index (χ2v) is 6.81. The number of non-ortho nitro benzene ring substituents is 1. The molecule has 5 rings (SSSR count). The SMILES string of the molecule is O=C1c2ccc([N+](=O)[O-])cc2C(=O)N1c1cccc(-c2nc3ccccc3c(=O)o2)c1. The fourth-order valence-corrected chi connectivity index (χ4v) is 3.50. The number of nitro groups is 1. The van der Waals surface area contributed by atoms with Crippen LogP contribution in [0.2, 0.25) is 0 Å². The lowest BCUT2D eigenvalue weighted by Crippen LogP contribution is -2.29. The molecule has 150 valence electrons. The summed E-state index contributed by atoms with van der Waals surface area (Å²) in [4.78, 5) is 53.6. The molecule has 9 heteroatoms. The van der Waals surface area contributed by atoms with E-state index in [4.69, 9.17) is 4.42 Å². The molecule has 0 fully saturated rings. The molecule has 1 aliphatic heterocycles. The van der Waals surface area contributed by atoms with Gasteiger partial charge in [-0.1, -0.05) is 18.2 Å². The maximum atomic E-state index is 12.9. The van der Waals surface area contributed by atoms with Crippen LogP contribution in [0.5, 0.6) is 0 Å². The Bertz CT molecular complexity index is 1490. The molecule has 31 heavy (non-hydrogen) atoms. The molecule has 9 nitrogen and oxygen atoms in total. The number of nitro benzene ring substituents is 1. The van der Waals surface area contributed by atoms with E-state index in [0.29, 0.717) is 16.5 Å². The monoisotopic (exact) mass is 413 g/mol. The van der Waals surface area contributed by atoms with Gasteiger partial charge in [0.25, 0.3) is 17.5 Å². The number of benzene rings is 3. The lowest BCUT2D eigenvalue weighted by Gasteiger charge is -2.14. The van der Waals surface area contributed by atoms with E-state index in [1.54, 1.807) is 42.5 Å². The van der Waals surface area contributed by atoms with E-state index in [-0.39, 0.29) is 28.4 Å². The number of amides is 2. The number of carbonyl (C=O) groups excluding carboxylic acids is 2. The number of hydrogen-bond acceptors (Lipinski definition) is 7. The quantitative estimate of drug-likeness (QED) is 0.286. The van der Waals surface area contributed by atoms with Gasteiger partial charge in [-0.05, 0) is 36.4 Å². The van der Waals surface area contributed by atoms with Crippen molar-refractivity contribution in [1.29, 1.82) is 0 Å². The summed E-state index contributed by atoms with van der Waals surface area (Å²) >= 11 is 0. The number of imide groups is 1. The highest BCUT2D eigenvalue weighted by Gasteiger charge is 2.38. The van der Waals surface area contributed by atoms with Gasteiger partial charge < -0.3 is 4.42 Å². The van der Waals surface area contributed by atoms with E-state index in [2.05, 4.69) is 4.98 Å². The van der Waals surface area contributed by atoms with Crippen LogP contribution in [0.1, 0.15) is 20.7 Å². The highest BCUT2D eigenvalue weighted by atomic mass is 16.6. The minimum atomic E-state index is -0.672. The third-order valence-corrected chi connectivity index (χ3v) is 4.97. The Hall–Kier alpha value is -4.66. The minimum absolute atomic E-state index is 0.0396. The van der Waals surface area contributed by atoms with Crippen LogP contribution in [-0.2, 0) is 0 Å². The first kappa shape index (κ1) is 18.4. The zero-order valence-electron chi connectivity index (χ0n) is 15.6. The molecule has 0 unspecified atom stereocenters. The van der Waals surface area contributed by atoms with E-state index in [0.717, 1.165) is 11.0 Å². The summed E-state index contributed by atoms with van der Waals surface area (Å²) in [5, 5.41) is 11.4. The van der Waals surface area contributed by atoms with E-state index < -0.39 is 22.4 Å². The zero-order valence-corrected chi connectivity index (χ0v) is 15.6. The van der Waals surface area contributed by atoms with Crippen LogP contribution in [0.15, 0.2) is 75.9 Å². The van der Waals surface area contributed by atoms with Crippen LogP contribution in [-0.4, -0.2) is 21.7 Å². The molecule has 0 N–H and O–H groups in total. The maximum absolute atomic E-state index is 12.9. The molecule has 0 aliphatic carbocycles. The first-order chi connectivity index (χ1) is 14.9. The Morgan fingerprint density at radius 2 is 1.65 bits per heavy atom. The van der Waals surface area contributed by atoms with Crippen LogP contribution in [0.4, 0.5) is 11.4 Å². The molecular weight excluding hydrogens is 402 g/mol. The van der Waals surface area contributed by atoms with Gasteiger partial charge in [0.05, 0.1) is 32.6 Å². The average Bonchev–Trinajstić information content (AvgIpc) is 3.03. The van der Waals surface area contributed by atoms with Gasteiger partial charge in [0.15, 0.2) is 0 Å². The van der Waals surface area contributed by atoms with Crippen molar-refractivity contribution in [2.75, 3.05) is 4.90 Å². The van der Waals surface area contributed by atoms with Crippen LogP contribution in [0, 0.1) is 10.1 Å². The van der Waals surface area contributed by atoms with Crippen molar-refractivity contribution in [3.05, 3.63) is 98.4 Å². The number of fused-ring (bicyclic) bond motifs is 2. The highest BCUT2D eigenvalue weighted by molar-refractivity contribution is 6.34. The predicted octanol–water partition coefficient (Wildman–Crippen LogP) is 3.56. The predicted molar refractivity (Wildman–Crippen MR) is 110 cm³/mol.